The van der Waals surface area contributed by atoms with Gasteiger partial charge >= 0.3 is 0 Å². The Balaban J connectivity index is 1.67. The molecule has 0 saturated carbocycles. The number of thiazole rings is 1. The number of benzene rings is 2. The molecule has 0 aliphatic rings. The Bertz CT molecular complexity index is 955. The summed E-state index contributed by atoms with van der Waals surface area (Å²) in [4.78, 5) is 19.0. The van der Waals surface area contributed by atoms with E-state index < -0.39 is 5.82 Å². The maximum Gasteiger partial charge on any atom is 0.257 e. The van der Waals surface area contributed by atoms with Crippen LogP contribution < -0.4 is 4.74 Å². The van der Waals surface area contributed by atoms with Crippen LogP contribution in [0.4, 0.5) is 4.39 Å². The minimum Gasteiger partial charge on any atom is -0.486 e. The summed E-state index contributed by atoms with van der Waals surface area (Å²) in [5, 5.41) is 2.75. The summed E-state index contributed by atoms with van der Waals surface area (Å²) in [6.45, 7) is 6.53. The largest absolute Gasteiger partial charge is 0.486 e. The highest BCUT2D eigenvalue weighted by Crippen LogP contribution is 2.19. The summed E-state index contributed by atoms with van der Waals surface area (Å²) >= 11 is 1.49. The number of carbonyl (C=O) groups excluding carboxylic acids is 1. The van der Waals surface area contributed by atoms with E-state index in [2.05, 4.69) is 4.98 Å². The van der Waals surface area contributed by atoms with Gasteiger partial charge in [-0.3, -0.25) is 4.79 Å². The molecule has 3 rings (SSSR count). The fraction of sp³-hybridized carbons (Fsp3) is 0.273. The number of carbonyl (C=O) groups is 1. The molecule has 0 aliphatic heterocycles. The van der Waals surface area contributed by atoms with Crippen LogP contribution in [0.1, 0.15) is 40.5 Å². The highest BCUT2D eigenvalue weighted by molar-refractivity contribution is 7.09. The molecule has 0 saturated heterocycles. The SMILES string of the molecule is Cc1cccc(OCc2nc(CN(C(=O)c3ccccc3F)C(C)C)cs2)c1. The number of hydrogen-bond acceptors (Lipinski definition) is 4. The Kier molecular flexibility index (Phi) is 6.41. The second-order valence-corrected chi connectivity index (χ2v) is 7.79. The summed E-state index contributed by atoms with van der Waals surface area (Å²) in [7, 11) is 0. The zero-order chi connectivity index (χ0) is 20.1. The van der Waals surface area contributed by atoms with Gasteiger partial charge in [-0.15, -0.1) is 11.3 Å². The molecule has 0 radical (unpaired) electrons. The second-order valence-electron chi connectivity index (χ2n) is 6.84. The Labute approximate surface area is 168 Å². The average molecular weight is 399 g/mol. The first kappa shape index (κ1) is 20.0. The van der Waals surface area contributed by atoms with Crippen LogP contribution in [0.25, 0.3) is 0 Å². The fourth-order valence-electron chi connectivity index (χ4n) is 2.79. The molecule has 2 aromatic carbocycles. The molecule has 0 spiro atoms. The predicted octanol–water partition coefficient (Wildman–Crippen LogP) is 5.22. The average Bonchev–Trinajstić information content (AvgIpc) is 3.12. The summed E-state index contributed by atoms with van der Waals surface area (Å²) in [5.41, 5.74) is 1.98. The van der Waals surface area contributed by atoms with Gasteiger partial charge in [0.05, 0.1) is 17.8 Å². The van der Waals surface area contributed by atoms with Crippen LogP contribution >= 0.6 is 11.3 Å². The molecule has 28 heavy (non-hydrogen) atoms. The van der Waals surface area contributed by atoms with E-state index in [9.17, 15) is 9.18 Å². The molecule has 1 amide bonds. The monoisotopic (exact) mass is 398 g/mol. The Morgan fingerprint density at radius 2 is 2.00 bits per heavy atom. The van der Waals surface area contributed by atoms with Gasteiger partial charge in [0.2, 0.25) is 0 Å². The molecule has 3 aromatic rings. The van der Waals surface area contributed by atoms with Gasteiger partial charge in [-0.25, -0.2) is 9.37 Å². The Morgan fingerprint density at radius 1 is 1.21 bits per heavy atom. The van der Waals surface area contributed by atoms with Gasteiger partial charge < -0.3 is 9.64 Å². The van der Waals surface area contributed by atoms with E-state index >= 15 is 0 Å². The van der Waals surface area contributed by atoms with Crippen LogP contribution in [0.5, 0.6) is 5.75 Å². The number of rotatable bonds is 7. The lowest BCUT2D eigenvalue weighted by atomic mass is 10.1. The standard InChI is InChI=1S/C22H23FN2O2S/c1-15(2)25(22(26)19-9-4-5-10-20(19)23)12-17-14-28-21(24-17)13-27-18-8-6-7-16(3)11-18/h4-11,14-15H,12-13H2,1-3H3. The maximum absolute atomic E-state index is 14.0. The van der Waals surface area contributed by atoms with Crippen LogP contribution in [-0.4, -0.2) is 21.8 Å². The maximum atomic E-state index is 14.0. The topological polar surface area (TPSA) is 42.4 Å². The predicted molar refractivity (Wildman–Crippen MR) is 109 cm³/mol. The van der Waals surface area contributed by atoms with Crippen molar-refractivity contribution in [2.75, 3.05) is 0 Å². The molecule has 0 fully saturated rings. The van der Waals surface area contributed by atoms with E-state index in [0.29, 0.717) is 13.2 Å². The lowest BCUT2D eigenvalue weighted by Gasteiger charge is -2.26. The first-order valence-electron chi connectivity index (χ1n) is 9.12. The molecular formula is C22H23FN2O2S. The highest BCUT2D eigenvalue weighted by atomic mass is 32.1. The lowest BCUT2D eigenvalue weighted by molar-refractivity contribution is 0.0683. The number of halogens is 1. The number of nitrogens with zero attached hydrogens (tertiary/aromatic N) is 2. The van der Waals surface area contributed by atoms with Crippen molar-refractivity contribution in [3.8, 4) is 5.75 Å². The highest BCUT2D eigenvalue weighted by Gasteiger charge is 2.22. The number of amides is 1. The van der Waals surface area contributed by atoms with Crippen LogP contribution in [-0.2, 0) is 13.2 Å². The van der Waals surface area contributed by atoms with Crippen LogP contribution in [0.3, 0.4) is 0 Å². The number of aromatic nitrogens is 1. The van der Waals surface area contributed by atoms with Crippen molar-refractivity contribution in [2.24, 2.45) is 0 Å². The molecule has 6 heteroatoms. The molecule has 0 bridgehead atoms. The van der Waals surface area contributed by atoms with Crippen molar-refractivity contribution in [2.45, 2.75) is 40.0 Å². The van der Waals surface area contributed by atoms with Crippen LogP contribution in [0, 0.1) is 12.7 Å². The number of ether oxygens (including phenoxy) is 1. The van der Waals surface area contributed by atoms with E-state index in [1.165, 1.54) is 23.5 Å². The second kappa shape index (κ2) is 8.97. The molecule has 0 aliphatic carbocycles. The zero-order valence-electron chi connectivity index (χ0n) is 16.2. The molecule has 1 heterocycles. The van der Waals surface area contributed by atoms with E-state index in [0.717, 1.165) is 22.0 Å². The molecular weight excluding hydrogens is 375 g/mol. The van der Waals surface area contributed by atoms with Crippen molar-refractivity contribution in [3.63, 3.8) is 0 Å². The normalized spacial score (nSPS) is 10.9. The van der Waals surface area contributed by atoms with Crippen molar-refractivity contribution in [1.82, 2.24) is 9.88 Å². The van der Waals surface area contributed by atoms with Crippen molar-refractivity contribution in [3.05, 3.63) is 81.6 Å². The summed E-state index contributed by atoms with van der Waals surface area (Å²) in [5.74, 6) is -0.0439. The van der Waals surface area contributed by atoms with E-state index in [4.69, 9.17) is 4.74 Å². The van der Waals surface area contributed by atoms with Gasteiger partial charge in [0.25, 0.3) is 5.91 Å². The van der Waals surface area contributed by atoms with Gasteiger partial charge in [0, 0.05) is 11.4 Å². The molecule has 4 nitrogen and oxygen atoms in total. The minimum absolute atomic E-state index is 0.0782. The molecule has 146 valence electrons. The first-order valence-corrected chi connectivity index (χ1v) is 10.00. The van der Waals surface area contributed by atoms with Crippen molar-refractivity contribution in [1.29, 1.82) is 0 Å². The molecule has 0 unspecified atom stereocenters. The summed E-state index contributed by atoms with van der Waals surface area (Å²) in [6, 6.07) is 13.8. The van der Waals surface area contributed by atoms with Gasteiger partial charge in [0.15, 0.2) is 0 Å². The quantitative estimate of drug-likeness (QED) is 0.548. The first-order chi connectivity index (χ1) is 13.4. The summed E-state index contributed by atoms with van der Waals surface area (Å²) in [6.07, 6.45) is 0. The smallest absolute Gasteiger partial charge is 0.257 e. The van der Waals surface area contributed by atoms with Gasteiger partial charge in [0.1, 0.15) is 23.2 Å². The zero-order valence-corrected chi connectivity index (χ0v) is 17.0. The Hall–Kier alpha value is -2.73. The van der Waals surface area contributed by atoms with Crippen LogP contribution in [0.2, 0.25) is 0 Å². The fourth-order valence-corrected chi connectivity index (χ4v) is 3.49. The third-order valence-corrected chi connectivity index (χ3v) is 5.14. The lowest BCUT2D eigenvalue weighted by Crippen LogP contribution is -2.37. The molecule has 0 N–H and O–H groups in total. The molecule has 0 atom stereocenters. The Morgan fingerprint density at radius 3 is 2.71 bits per heavy atom. The number of aryl methyl sites for hydroxylation is 1. The van der Waals surface area contributed by atoms with Crippen molar-refractivity contribution < 1.29 is 13.9 Å². The van der Waals surface area contributed by atoms with Gasteiger partial charge in [-0.2, -0.15) is 0 Å². The third kappa shape index (κ3) is 4.95. The van der Waals surface area contributed by atoms with Gasteiger partial charge in [-0.1, -0.05) is 24.3 Å². The number of hydrogen-bond donors (Lipinski definition) is 0. The van der Waals surface area contributed by atoms with Gasteiger partial charge in [-0.05, 0) is 50.6 Å². The summed E-state index contributed by atoms with van der Waals surface area (Å²) < 4.78 is 19.8. The molecule has 1 aromatic heterocycles. The van der Waals surface area contributed by atoms with Crippen molar-refractivity contribution >= 4 is 17.2 Å². The van der Waals surface area contributed by atoms with Crippen LogP contribution in [0.15, 0.2) is 53.9 Å². The minimum atomic E-state index is -0.510. The van der Waals surface area contributed by atoms with E-state index in [-0.39, 0.29) is 17.5 Å². The third-order valence-electron chi connectivity index (χ3n) is 4.27. The van der Waals surface area contributed by atoms with E-state index in [1.807, 2.05) is 50.4 Å². The van der Waals surface area contributed by atoms with E-state index in [1.54, 1.807) is 17.0 Å².